The summed E-state index contributed by atoms with van der Waals surface area (Å²) in [5.41, 5.74) is 1.23. The van der Waals surface area contributed by atoms with Crippen LogP contribution in [0, 0.1) is 0 Å². The largest absolute Gasteiger partial charge is 0.470 e. The molecule has 1 aliphatic rings. The molecule has 0 fully saturated rings. The summed E-state index contributed by atoms with van der Waals surface area (Å²) in [6.07, 6.45) is 0. The minimum Gasteiger partial charge on any atom is -0.470 e. The predicted octanol–water partition coefficient (Wildman–Crippen LogP) is 2.24. The average molecular weight is 241 g/mol. The van der Waals surface area contributed by atoms with Crippen LogP contribution in [0.4, 0.5) is 5.69 Å². The third-order valence-corrected chi connectivity index (χ3v) is 2.41. The molecule has 4 nitrogen and oxygen atoms in total. The van der Waals surface area contributed by atoms with Crippen molar-refractivity contribution in [1.82, 2.24) is 5.32 Å². The van der Waals surface area contributed by atoms with Crippen molar-refractivity contribution in [3.8, 4) is 5.75 Å². The van der Waals surface area contributed by atoms with Gasteiger partial charge in [-0.2, -0.15) is 0 Å². The van der Waals surface area contributed by atoms with E-state index in [0.29, 0.717) is 16.3 Å². The van der Waals surface area contributed by atoms with E-state index in [9.17, 15) is 4.79 Å². The molecule has 2 rings (SSSR count). The molecule has 0 saturated heterocycles. The Labute approximate surface area is 98.9 Å². The number of anilines is 1. The molecule has 0 spiro atoms. The SMILES string of the molecule is CC(C)Nc1cc(Cl)cc2c1OCNC2=O. The highest BCUT2D eigenvalue weighted by molar-refractivity contribution is 6.31. The van der Waals surface area contributed by atoms with Crippen LogP contribution in [0.25, 0.3) is 0 Å². The number of ether oxygens (including phenoxy) is 1. The summed E-state index contributed by atoms with van der Waals surface area (Å²) in [4.78, 5) is 11.6. The molecule has 1 heterocycles. The summed E-state index contributed by atoms with van der Waals surface area (Å²) in [5.74, 6) is 0.414. The molecule has 1 aromatic rings. The van der Waals surface area contributed by atoms with Gasteiger partial charge in [-0.15, -0.1) is 0 Å². The van der Waals surface area contributed by atoms with Gasteiger partial charge in [0.2, 0.25) is 0 Å². The van der Waals surface area contributed by atoms with Crippen LogP contribution < -0.4 is 15.4 Å². The van der Waals surface area contributed by atoms with Gasteiger partial charge in [-0.1, -0.05) is 11.6 Å². The molecule has 1 aromatic carbocycles. The van der Waals surface area contributed by atoms with Crippen molar-refractivity contribution in [3.63, 3.8) is 0 Å². The van der Waals surface area contributed by atoms with Crippen molar-refractivity contribution >= 4 is 23.2 Å². The van der Waals surface area contributed by atoms with Crippen LogP contribution in [0.1, 0.15) is 24.2 Å². The van der Waals surface area contributed by atoms with E-state index in [4.69, 9.17) is 16.3 Å². The maximum absolute atomic E-state index is 11.6. The Balaban J connectivity index is 2.48. The summed E-state index contributed by atoms with van der Waals surface area (Å²) in [6.45, 7) is 4.21. The lowest BCUT2D eigenvalue weighted by Gasteiger charge is -2.22. The van der Waals surface area contributed by atoms with E-state index in [0.717, 1.165) is 5.69 Å². The van der Waals surface area contributed by atoms with Gasteiger partial charge >= 0.3 is 0 Å². The normalized spacial score (nSPS) is 14.1. The van der Waals surface area contributed by atoms with Crippen LogP contribution in [-0.2, 0) is 0 Å². The van der Waals surface area contributed by atoms with Gasteiger partial charge in [0.1, 0.15) is 0 Å². The van der Waals surface area contributed by atoms with Crippen molar-refractivity contribution in [2.75, 3.05) is 12.0 Å². The molecule has 0 atom stereocenters. The first-order valence-corrected chi connectivity index (χ1v) is 5.47. The molecule has 5 heteroatoms. The number of fused-ring (bicyclic) bond motifs is 1. The Hall–Kier alpha value is -1.42. The fraction of sp³-hybridized carbons (Fsp3) is 0.364. The molecule has 1 amide bonds. The number of benzene rings is 1. The minimum absolute atomic E-state index is 0.157. The standard InChI is InChI=1S/C11H13ClN2O2/c1-6(2)14-9-4-7(12)3-8-10(9)16-5-13-11(8)15/h3-4,6,14H,5H2,1-2H3,(H,13,15). The molecule has 0 aromatic heterocycles. The van der Waals surface area contributed by atoms with Crippen molar-refractivity contribution < 1.29 is 9.53 Å². The second-order valence-electron chi connectivity index (χ2n) is 3.92. The Morgan fingerprint density at radius 1 is 1.50 bits per heavy atom. The van der Waals surface area contributed by atoms with Crippen LogP contribution in [0.15, 0.2) is 12.1 Å². The van der Waals surface area contributed by atoms with Crippen LogP contribution in [-0.4, -0.2) is 18.7 Å². The number of hydrogen-bond donors (Lipinski definition) is 2. The Morgan fingerprint density at radius 2 is 2.25 bits per heavy atom. The second-order valence-corrected chi connectivity index (χ2v) is 4.36. The topological polar surface area (TPSA) is 50.4 Å². The van der Waals surface area contributed by atoms with Gasteiger partial charge in [0, 0.05) is 11.1 Å². The summed E-state index contributed by atoms with van der Waals surface area (Å²) >= 11 is 5.96. The van der Waals surface area contributed by atoms with E-state index in [2.05, 4.69) is 10.6 Å². The van der Waals surface area contributed by atoms with Crippen LogP contribution in [0.2, 0.25) is 5.02 Å². The highest BCUT2D eigenvalue weighted by Gasteiger charge is 2.22. The lowest BCUT2D eigenvalue weighted by molar-refractivity contribution is 0.0884. The van der Waals surface area contributed by atoms with Gasteiger partial charge in [0.05, 0.1) is 11.3 Å². The third-order valence-electron chi connectivity index (χ3n) is 2.19. The summed E-state index contributed by atoms with van der Waals surface area (Å²) in [5, 5.41) is 6.32. The molecule has 0 aliphatic carbocycles. The molecule has 0 unspecified atom stereocenters. The molecule has 0 radical (unpaired) electrons. The monoisotopic (exact) mass is 240 g/mol. The summed E-state index contributed by atoms with van der Waals surface area (Å²) < 4.78 is 5.43. The molecular formula is C11H13ClN2O2. The molecule has 16 heavy (non-hydrogen) atoms. The molecule has 1 aliphatic heterocycles. The quantitative estimate of drug-likeness (QED) is 0.834. The Morgan fingerprint density at radius 3 is 2.94 bits per heavy atom. The number of amides is 1. The Bertz CT molecular complexity index is 432. The third kappa shape index (κ3) is 2.07. The number of carbonyl (C=O) groups is 1. The van der Waals surface area contributed by atoms with E-state index in [-0.39, 0.29) is 18.7 Å². The maximum Gasteiger partial charge on any atom is 0.257 e. The molecule has 2 N–H and O–H groups in total. The molecule has 0 saturated carbocycles. The van der Waals surface area contributed by atoms with Gasteiger partial charge in [-0.05, 0) is 26.0 Å². The summed E-state index contributed by atoms with van der Waals surface area (Å²) in [7, 11) is 0. The second kappa shape index (κ2) is 4.22. The first-order valence-electron chi connectivity index (χ1n) is 5.09. The average Bonchev–Trinajstić information content (AvgIpc) is 2.18. The smallest absolute Gasteiger partial charge is 0.257 e. The van der Waals surface area contributed by atoms with E-state index < -0.39 is 0 Å². The van der Waals surface area contributed by atoms with Gasteiger partial charge in [-0.25, -0.2) is 0 Å². The fourth-order valence-electron chi connectivity index (χ4n) is 1.61. The lowest BCUT2D eigenvalue weighted by atomic mass is 10.1. The molecule has 86 valence electrons. The van der Waals surface area contributed by atoms with Gasteiger partial charge in [-0.3, -0.25) is 4.79 Å². The van der Waals surface area contributed by atoms with Crippen molar-refractivity contribution in [2.45, 2.75) is 19.9 Å². The summed E-state index contributed by atoms with van der Waals surface area (Å²) in [6, 6.07) is 3.62. The number of hydrogen-bond acceptors (Lipinski definition) is 3. The van der Waals surface area contributed by atoms with Crippen molar-refractivity contribution in [3.05, 3.63) is 22.7 Å². The zero-order valence-electron chi connectivity index (χ0n) is 9.13. The lowest BCUT2D eigenvalue weighted by Crippen LogP contribution is -2.33. The Kier molecular flexibility index (Phi) is 2.92. The van der Waals surface area contributed by atoms with Crippen LogP contribution in [0.3, 0.4) is 0 Å². The number of rotatable bonds is 2. The maximum atomic E-state index is 11.6. The van der Waals surface area contributed by atoms with E-state index in [1.807, 2.05) is 13.8 Å². The van der Waals surface area contributed by atoms with Crippen LogP contribution >= 0.6 is 11.6 Å². The van der Waals surface area contributed by atoms with E-state index in [1.54, 1.807) is 12.1 Å². The highest BCUT2D eigenvalue weighted by Crippen LogP contribution is 2.34. The van der Waals surface area contributed by atoms with Gasteiger partial charge in [0.15, 0.2) is 12.5 Å². The molecular weight excluding hydrogens is 228 g/mol. The first kappa shape index (κ1) is 11.1. The number of halogens is 1. The van der Waals surface area contributed by atoms with E-state index >= 15 is 0 Å². The zero-order chi connectivity index (χ0) is 11.7. The predicted molar refractivity (Wildman–Crippen MR) is 63.2 cm³/mol. The highest BCUT2D eigenvalue weighted by atomic mass is 35.5. The zero-order valence-corrected chi connectivity index (χ0v) is 9.89. The van der Waals surface area contributed by atoms with Crippen LogP contribution in [0.5, 0.6) is 5.75 Å². The first-order chi connectivity index (χ1) is 7.58. The number of nitrogens with one attached hydrogen (secondary N) is 2. The minimum atomic E-state index is -0.157. The van der Waals surface area contributed by atoms with Gasteiger partial charge in [0.25, 0.3) is 5.91 Å². The van der Waals surface area contributed by atoms with E-state index in [1.165, 1.54) is 0 Å². The molecule has 0 bridgehead atoms. The fourth-order valence-corrected chi connectivity index (χ4v) is 1.82. The van der Waals surface area contributed by atoms with Gasteiger partial charge < -0.3 is 15.4 Å². The van der Waals surface area contributed by atoms with Crippen molar-refractivity contribution in [2.24, 2.45) is 0 Å². The van der Waals surface area contributed by atoms with Crippen molar-refractivity contribution in [1.29, 1.82) is 0 Å². The number of carbonyl (C=O) groups excluding carboxylic acids is 1.